The van der Waals surface area contributed by atoms with Gasteiger partial charge in [-0.1, -0.05) is 19.9 Å². The second-order valence-electron chi connectivity index (χ2n) is 5.23. The fraction of sp³-hybridized carbons (Fsp3) is 0.500. The van der Waals surface area contributed by atoms with E-state index in [9.17, 15) is 13.6 Å². The Labute approximate surface area is 111 Å². The molecule has 5 heteroatoms. The Morgan fingerprint density at radius 1 is 1.37 bits per heavy atom. The molecule has 1 saturated heterocycles. The number of amides is 1. The van der Waals surface area contributed by atoms with Gasteiger partial charge in [0.2, 0.25) is 5.91 Å². The molecule has 0 saturated carbocycles. The van der Waals surface area contributed by atoms with Gasteiger partial charge in [0.05, 0.1) is 6.54 Å². The fourth-order valence-electron chi connectivity index (χ4n) is 2.17. The van der Waals surface area contributed by atoms with Crippen LogP contribution in [0.3, 0.4) is 0 Å². The number of nitrogens with one attached hydrogen (secondary N) is 1. The first-order valence-electron chi connectivity index (χ1n) is 6.47. The largest absolute Gasteiger partial charge is 0.322 e. The smallest absolute Gasteiger partial charge is 0.238 e. The zero-order valence-electron chi connectivity index (χ0n) is 11.1. The van der Waals surface area contributed by atoms with Gasteiger partial charge in [-0.05, 0) is 30.0 Å². The highest BCUT2D eigenvalue weighted by Gasteiger charge is 2.31. The number of carbonyl (C=O) groups is 1. The monoisotopic (exact) mass is 268 g/mol. The molecule has 1 aromatic carbocycles. The first-order chi connectivity index (χ1) is 8.99. The summed E-state index contributed by atoms with van der Waals surface area (Å²) in [6, 6.07) is 3.75. The van der Waals surface area contributed by atoms with Gasteiger partial charge >= 0.3 is 0 Å². The number of hydrogen-bond acceptors (Lipinski definition) is 2. The molecule has 104 valence electrons. The van der Waals surface area contributed by atoms with Crippen molar-refractivity contribution in [3.8, 4) is 0 Å². The van der Waals surface area contributed by atoms with E-state index >= 15 is 0 Å². The van der Waals surface area contributed by atoms with Crippen molar-refractivity contribution in [2.75, 3.05) is 13.1 Å². The van der Waals surface area contributed by atoms with E-state index in [1.165, 1.54) is 6.07 Å². The van der Waals surface area contributed by atoms with Crippen LogP contribution in [-0.2, 0) is 4.79 Å². The molecule has 1 N–H and O–H groups in total. The molecule has 3 nitrogen and oxygen atoms in total. The van der Waals surface area contributed by atoms with E-state index in [-0.39, 0.29) is 18.6 Å². The van der Waals surface area contributed by atoms with E-state index in [1.54, 1.807) is 4.90 Å². The lowest BCUT2D eigenvalue weighted by molar-refractivity contribution is -0.128. The highest BCUT2D eigenvalue weighted by Crippen LogP contribution is 2.24. The molecule has 1 atom stereocenters. The van der Waals surface area contributed by atoms with Gasteiger partial charge in [0.15, 0.2) is 11.6 Å². The summed E-state index contributed by atoms with van der Waals surface area (Å²) in [5.41, 5.74) is 0.577. The highest BCUT2D eigenvalue weighted by atomic mass is 19.2. The molecule has 1 aromatic rings. The van der Waals surface area contributed by atoms with Crippen molar-refractivity contribution < 1.29 is 13.6 Å². The molecule has 0 aliphatic carbocycles. The molecule has 1 heterocycles. The molecule has 1 fully saturated rings. The molecule has 0 spiro atoms. The van der Waals surface area contributed by atoms with Crippen molar-refractivity contribution >= 4 is 5.91 Å². The number of halogens is 2. The lowest BCUT2D eigenvalue weighted by Gasteiger charge is -2.25. The van der Waals surface area contributed by atoms with Gasteiger partial charge in [-0.15, -0.1) is 0 Å². The minimum absolute atomic E-state index is 0.00427. The Morgan fingerprint density at radius 3 is 2.74 bits per heavy atom. The van der Waals surface area contributed by atoms with Crippen LogP contribution >= 0.6 is 0 Å². The Morgan fingerprint density at radius 2 is 2.11 bits per heavy atom. The summed E-state index contributed by atoms with van der Waals surface area (Å²) >= 11 is 0. The maximum atomic E-state index is 13.3. The molecule has 2 rings (SSSR count). The van der Waals surface area contributed by atoms with E-state index in [1.807, 2.05) is 0 Å². The average molecular weight is 268 g/mol. The third-order valence-corrected chi connectivity index (χ3v) is 3.29. The second kappa shape index (κ2) is 5.65. The van der Waals surface area contributed by atoms with E-state index in [2.05, 4.69) is 19.2 Å². The van der Waals surface area contributed by atoms with Crippen molar-refractivity contribution in [3.05, 3.63) is 35.4 Å². The molecule has 1 aliphatic heterocycles. The summed E-state index contributed by atoms with van der Waals surface area (Å²) in [6.07, 6.45) is 0.523. The van der Waals surface area contributed by atoms with E-state index in [0.29, 0.717) is 18.0 Å². The summed E-state index contributed by atoms with van der Waals surface area (Å²) in [6.45, 7) is 5.02. The van der Waals surface area contributed by atoms with Gasteiger partial charge in [0.25, 0.3) is 0 Å². The van der Waals surface area contributed by atoms with Crippen LogP contribution in [0.5, 0.6) is 0 Å². The van der Waals surface area contributed by atoms with Crippen molar-refractivity contribution in [3.63, 3.8) is 0 Å². The van der Waals surface area contributed by atoms with E-state index < -0.39 is 11.6 Å². The highest BCUT2D eigenvalue weighted by molar-refractivity contribution is 5.80. The van der Waals surface area contributed by atoms with Gasteiger partial charge in [0, 0.05) is 6.54 Å². The normalized spacial score (nSPS) is 19.5. The molecular weight excluding hydrogens is 250 g/mol. The lowest BCUT2D eigenvalue weighted by atomic mass is 10.1. The van der Waals surface area contributed by atoms with Crippen LogP contribution in [0.1, 0.15) is 32.0 Å². The molecule has 1 aliphatic rings. The predicted octanol–water partition coefficient (Wildman–Crippen LogP) is 2.44. The minimum Gasteiger partial charge on any atom is -0.322 e. The summed E-state index contributed by atoms with van der Waals surface area (Å²) in [4.78, 5) is 13.5. The number of nitrogens with zero attached hydrogens (tertiary/aromatic N) is 1. The molecular formula is C14H18F2N2O. The van der Waals surface area contributed by atoms with Crippen LogP contribution in [0.2, 0.25) is 0 Å². The summed E-state index contributed by atoms with van der Waals surface area (Å²) in [5, 5.41) is 3.03. The molecule has 0 radical (unpaired) electrons. The predicted molar refractivity (Wildman–Crippen MR) is 68.3 cm³/mol. The zero-order valence-corrected chi connectivity index (χ0v) is 11.1. The molecule has 0 aromatic heterocycles. The summed E-state index contributed by atoms with van der Waals surface area (Å²) in [7, 11) is 0. The summed E-state index contributed by atoms with van der Waals surface area (Å²) in [5.74, 6) is -1.28. The first-order valence-corrected chi connectivity index (χ1v) is 6.47. The van der Waals surface area contributed by atoms with Gasteiger partial charge in [0.1, 0.15) is 6.17 Å². The standard InChI is InChI=1S/C14H18F2N2O/c1-9(2)5-6-18-13(19)8-17-14(18)10-3-4-11(15)12(16)7-10/h3-4,7,9,14,17H,5-6,8H2,1-2H3. The number of carbonyl (C=O) groups excluding carboxylic acids is 1. The van der Waals surface area contributed by atoms with Crippen molar-refractivity contribution in [2.24, 2.45) is 5.92 Å². The van der Waals surface area contributed by atoms with Crippen LogP contribution in [-0.4, -0.2) is 23.9 Å². The third kappa shape index (κ3) is 3.10. The minimum atomic E-state index is -0.887. The van der Waals surface area contributed by atoms with Crippen molar-refractivity contribution in [1.82, 2.24) is 10.2 Å². The van der Waals surface area contributed by atoms with E-state index in [0.717, 1.165) is 18.6 Å². The number of benzene rings is 1. The molecule has 19 heavy (non-hydrogen) atoms. The Kier molecular flexibility index (Phi) is 4.14. The topological polar surface area (TPSA) is 32.3 Å². The molecule has 1 unspecified atom stereocenters. The van der Waals surface area contributed by atoms with Gasteiger partial charge in [-0.3, -0.25) is 10.1 Å². The van der Waals surface area contributed by atoms with E-state index in [4.69, 9.17) is 0 Å². The van der Waals surface area contributed by atoms with Crippen molar-refractivity contribution in [1.29, 1.82) is 0 Å². The third-order valence-electron chi connectivity index (χ3n) is 3.29. The van der Waals surface area contributed by atoms with Crippen molar-refractivity contribution in [2.45, 2.75) is 26.4 Å². The van der Waals surface area contributed by atoms with Crippen LogP contribution in [0.25, 0.3) is 0 Å². The van der Waals surface area contributed by atoms with Gasteiger partial charge < -0.3 is 4.90 Å². The Balaban J connectivity index is 2.17. The number of rotatable bonds is 4. The zero-order chi connectivity index (χ0) is 14.0. The lowest BCUT2D eigenvalue weighted by Crippen LogP contribution is -2.32. The molecule has 0 bridgehead atoms. The first kappa shape index (κ1) is 13.9. The second-order valence-corrected chi connectivity index (χ2v) is 5.23. The summed E-state index contributed by atoms with van der Waals surface area (Å²) < 4.78 is 26.2. The Bertz CT molecular complexity index is 477. The number of hydrogen-bond donors (Lipinski definition) is 1. The maximum absolute atomic E-state index is 13.3. The van der Waals surface area contributed by atoms with Gasteiger partial charge in [-0.2, -0.15) is 0 Å². The van der Waals surface area contributed by atoms with Gasteiger partial charge in [-0.25, -0.2) is 8.78 Å². The quantitative estimate of drug-likeness (QED) is 0.909. The molecule has 1 amide bonds. The van der Waals surface area contributed by atoms with Crippen LogP contribution in [0.15, 0.2) is 18.2 Å². The van der Waals surface area contributed by atoms with Crippen LogP contribution in [0, 0.1) is 17.6 Å². The average Bonchev–Trinajstić information content (AvgIpc) is 2.71. The SMILES string of the molecule is CC(C)CCN1C(=O)CNC1c1ccc(F)c(F)c1. The Hall–Kier alpha value is -1.49. The fourth-order valence-corrected chi connectivity index (χ4v) is 2.17. The maximum Gasteiger partial charge on any atom is 0.238 e. The van der Waals surface area contributed by atoms with Crippen LogP contribution < -0.4 is 5.32 Å². The van der Waals surface area contributed by atoms with Crippen LogP contribution in [0.4, 0.5) is 8.78 Å².